The van der Waals surface area contributed by atoms with Gasteiger partial charge < -0.3 is 15.7 Å². The summed E-state index contributed by atoms with van der Waals surface area (Å²) < 4.78 is 0. The average molecular weight is 290 g/mol. The average Bonchev–Trinajstić information content (AvgIpc) is 2.98. The highest BCUT2D eigenvalue weighted by Gasteiger charge is 2.26. The normalized spacial score (nSPS) is 18.0. The third-order valence-corrected chi connectivity index (χ3v) is 3.89. The molecule has 2 rings (SSSR count). The van der Waals surface area contributed by atoms with Gasteiger partial charge in [0.15, 0.2) is 0 Å². The Balaban J connectivity index is 1.84. The minimum atomic E-state index is -1.20. The standard InChI is InChI=1S/C16H22N2O3/c1-16(21,12-7-3-2-4-8-12)11-17-14(19)15(20)18-13-9-5-6-10-13/h2-4,7-8,13,21H,5-6,9-11H2,1H3,(H,17,19)(H,18,20)/t16-/m0/s1. The van der Waals surface area contributed by atoms with E-state index in [9.17, 15) is 14.7 Å². The fourth-order valence-electron chi connectivity index (χ4n) is 2.55. The van der Waals surface area contributed by atoms with Crippen molar-refractivity contribution in [2.75, 3.05) is 6.54 Å². The molecule has 0 aliphatic heterocycles. The molecule has 1 aromatic rings. The van der Waals surface area contributed by atoms with Crippen LogP contribution in [0.3, 0.4) is 0 Å². The molecular formula is C16H22N2O3. The molecule has 5 heteroatoms. The van der Waals surface area contributed by atoms with Crippen molar-refractivity contribution in [1.29, 1.82) is 0 Å². The van der Waals surface area contributed by atoms with Crippen LogP contribution in [0.15, 0.2) is 30.3 Å². The van der Waals surface area contributed by atoms with Crippen molar-refractivity contribution in [3.05, 3.63) is 35.9 Å². The monoisotopic (exact) mass is 290 g/mol. The summed E-state index contributed by atoms with van der Waals surface area (Å²) in [6.07, 6.45) is 4.05. The van der Waals surface area contributed by atoms with Crippen molar-refractivity contribution >= 4 is 11.8 Å². The summed E-state index contributed by atoms with van der Waals surface area (Å²) in [5.41, 5.74) is -0.508. The van der Waals surface area contributed by atoms with Gasteiger partial charge in [-0.25, -0.2) is 0 Å². The van der Waals surface area contributed by atoms with Crippen molar-refractivity contribution in [2.24, 2.45) is 0 Å². The Morgan fingerprint density at radius 1 is 1.19 bits per heavy atom. The SMILES string of the molecule is C[C@](O)(CNC(=O)C(=O)NC1CCCC1)c1ccccc1. The Hall–Kier alpha value is -1.88. The van der Waals surface area contributed by atoms with E-state index in [1.54, 1.807) is 19.1 Å². The molecule has 3 N–H and O–H groups in total. The van der Waals surface area contributed by atoms with Crippen molar-refractivity contribution in [3.63, 3.8) is 0 Å². The molecular weight excluding hydrogens is 268 g/mol. The van der Waals surface area contributed by atoms with Crippen LogP contribution in [0.2, 0.25) is 0 Å². The van der Waals surface area contributed by atoms with Gasteiger partial charge in [0.2, 0.25) is 0 Å². The summed E-state index contributed by atoms with van der Waals surface area (Å²) in [5, 5.41) is 15.6. The molecule has 0 bridgehead atoms. The van der Waals surface area contributed by atoms with Crippen LogP contribution in [0.1, 0.15) is 38.2 Å². The van der Waals surface area contributed by atoms with E-state index in [0.29, 0.717) is 5.56 Å². The second-order valence-electron chi connectivity index (χ2n) is 5.78. The first-order chi connectivity index (χ1) is 9.99. The fraction of sp³-hybridized carbons (Fsp3) is 0.500. The van der Waals surface area contributed by atoms with Crippen LogP contribution in [-0.2, 0) is 15.2 Å². The van der Waals surface area contributed by atoms with Gasteiger partial charge in [-0.3, -0.25) is 9.59 Å². The first-order valence-corrected chi connectivity index (χ1v) is 7.35. The predicted molar refractivity (Wildman–Crippen MR) is 79.4 cm³/mol. The first-order valence-electron chi connectivity index (χ1n) is 7.35. The van der Waals surface area contributed by atoms with Crippen LogP contribution in [-0.4, -0.2) is 29.5 Å². The lowest BCUT2D eigenvalue weighted by Crippen LogP contribution is -2.47. The molecule has 1 aliphatic carbocycles. The zero-order valence-corrected chi connectivity index (χ0v) is 12.3. The zero-order valence-electron chi connectivity index (χ0n) is 12.3. The van der Waals surface area contributed by atoms with E-state index in [1.807, 2.05) is 18.2 Å². The molecule has 1 saturated carbocycles. The lowest BCUT2D eigenvalue weighted by Gasteiger charge is -2.24. The predicted octanol–water partition coefficient (Wildman–Crippen LogP) is 1.07. The highest BCUT2D eigenvalue weighted by atomic mass is 16.3. The number of benzene rings is 1. The Bertz CT molecular complexity index is 494. The minimum absolute atomic E-state index is 0.00602. The molecule has 114 valence electrons. The Kier molecular flexibility index (Phi) is 4.96. The highest BCUT2D eigenvalue weighted by Crippen LogP contribution is 2.19. The van der Waals surface area contributed by atoms with Gasteiger partial charge in [0.1, 0.15) is 5.60 Å². The number of carbonyl (C=O) groups excluding carboxylic acids is 2. The summed E-state index contributed by atoms with van der Waals surface area (Å²) in [6, 6.07) is 9.16. The molecule has 5 nitrogen and oxygen atoms in total. The molecule has 0 aromatic heterocycles. The number of carbonyl (C=O) groups is 2. The molecule has 0 unspecified atom stereocenters. The molecule has 1 atom stereocenters. The van der Waals surface area contributed by atoms with E-state index in [1.165, 1.54) is 0 Å². The van der Waals surface area contributed by atoms with Crippen LogP contribution in [0.4, 0.5) is 0 Å². The molecule has 0 saturated heterocycles. The number of amides is 2. The van der Waals surface area contributed by atoms with Crippen LogP contribution >= 0.6 is 0 Å². The van der Waals surface area contributed by atoms with Gasteiger partial charge in [0.05, 0.1) is 6.54 Å². The molecule has 1 aromatic carbocycles. The maximum absolute atomic E-state index is 11.8. The molecule has 1 fully saturated rings. The Morgan fingerprint density at radius 2 is 1.81 bits per heavy atom. The van der Waals surface area contributed by atoms with Crippen LogP contribution in [0, 0.1) is 0 Å². The van der Waals surface area contributed by atoms with Crippen molar-refractivity contribution < 1.29 is 14.7 Å². The van der Waals surface area contributed by atoms with Gasteiger partial charge in [-0.1, -0.05) is 43.2 Å². The van der Waals surface area contributed by atoms with Crippen LogP contribution in [0.25, 0.3) is 0 Å². The topological polar surface area (TPSA) is 78.4 Å². The smallest absolute Gasteiger partial charge is 0.309 e. The Labute approximate surface area is 124 Å². The summed E-state index contributed by atoms with van der Waals surface area (Å²) in [6.45, 7) is 1.60. The molecule has 0 radical (unpaired) electrons. The molecule has 1 aliphatic rings. The molecule has 2 amide bonds. The minimum Gasteiger partial charge on any atom is -0.384 e. The van der Waals surface area contributed by atoms with E-state index in [4.69, 9.17) is 0 Å². The van der Waals surface area contributed by atoms with Crippen molar-refractivity contribution in [2.45, 2.75) is 44.2 Å². The van der Waals surface area contributed by atoms with Gasteiger partial charge in [0.25, 0.3) is 0 Å². The van der Waals surface area contributed by atoms with E-state index in [2.05, 4.69) is 10.6 Å². The zero-order chi connectivity index (χ0) is 15.3. The number of hydrogen-bond donors (Lipinski definition) is 3. The lowest BCUT2D eigenvalue weighted by atomic mass is 9.96. The molecule has 21 heavy (non-hydrogen) atoms. The quantitative estimate of drug-likeness (QED) is 0.726. The van der Waals surface area contributed by atoms with Crippen molar-refractivity contribution in [3.8, 4) is 0 Å². The highest BCUT2D eigenvalue weighted by molar-refractivity contribution is 6.35. The maximum atomic E-state index is 11.8. The van der Waals surface area contributed by atoms with Gasteiger partial charge in [-0.05, 0) is 25.3 Å². The first kappa shape index (κ1) is 15.5. The van der Waals surface area contributed by atoms with Gasteiger partial charge in [0, 0.05) is 6.04 Å². The Morgan fingerprint density at radius 3 is 2.43 bits per heavy atom. The largest absolute Gasteiger partial charge is 0.384 e. The van der Waals surface area contributed by atoms with Crippen molar-refractivity contribution in [1.82, 2.24) is 10.6 Å². The van der Waals surface area contributed by atoms with E-state index in [0.717, 1.165) is 25.7 Å². The number of nitrogens with one attached hydrogen (secondary N) is 2. The fourth-order valence-corrected chi connectivity index (χ4v) is 2.55. The third-order valence-electron chi connectivity index (χ3n) is 3.89. The second-order valence-corrected chi connectivity index (χ2v) is 5.78. The summed E-state index contributed by atoms with van der Waals surface area (Å²) in [4.78, 5) is 23.5. The summed E-state index contributed by atoms with van der Waals surface area (Å²) >= 11 is 0. The van der Waals surface area contributed by atoms with Crippen LogP contribution in [0.5, 0.6) is 0 Å². The van der Waals surface area contributed by atoms with E-state index < -0.39 is 17.4 Å². The van der Waals surface area contributed by atoms with Gasteiger partial charge >= 0.3 is 11.8 Å². The molecule has 0 spiro atoms. The number of hydrogen-bond acceptors (Lipinski definition) is 3. The van der Waals surface area contributed by atoms with Gasteiger partial charge in [-0.15, -0.1) is 0 Å². The summed E-state index contributed by atoms with van der Waals surface area (Å²) in [7, 11) is 0. The number of rotatable bonds is 4. The van der Waals surface area contributed by atoms with Gasteiger partial charge in [-0.2, -0.15) is 0 Å². The second kappa shape index (κ2) is 6.72. The third kappa shape index (κ3) is 4.29. The van der Waals surface area contributed by atoms with E-state index >= 15 is 0 Å². The van der Waals surface area contributed by atoms with Crippen LogP contribution < -0.4 is 10.6 Å². The maximum Gasteiger partial charge on any atom is 0.309 e. The van der Waals surface area contributed by atoms with E-state index in [-0.39, 0.29) is 12.6 Å². The molecule has 0 heterocycles. The summed E-state index contributed by atoms with van der Waals surface area (Å²) in [5.74, 6) is -1.32. The lowest BCUT2D eigenvalue weighted by molar-refractivity contribution is -0.140. The number of aliphatic hydroxyl groups is 1.